The van der Waals surface area contributed by atoms with Crippen LogP contribution in [-0.2, 0) is 14.2 Å². The molecule has 1 aliphatic heterocycles. The van der Waals surface area contributed by atoms with E-state index < -0.39 is 0 Å². The molecule has 0 aromatic rings. The summed E-state index contributed by atoms with van der Waals surface area (Å²) in [7, 11) is 3.42. The summed E-state index contributed by atoms with van der Waals surface area (Å²) in [5.74, 6) is 0. The molecule has 3 unspecified atom stereocenters. The Balaban J connectivity index is 2.25. The Morgan fingerprint density at radius 3 is 2.38 bits per heavy atom. The Kier molecular flexibility index (Phi) is 6.28. The molecule has 0 spiro atoms. The van der Waals surface area contributed by atoms with Crippen molar-refractivity contribution in [2.45, 2.75) is 51.0 Å². The topological polar surface area (TPSA) is 39.7 Å². The first-order valence-electron chi connectivity index (χ1n) is 6.06. The van der Waals surface area contributed by atoms with Gasteiger partial charge in [0.05, 0.1) is 24.9 Å². The van der Waals surface area contributed by atoms with E-state index in [4.69, 9.17) is 14.2 Å². The molecule has 1 aliphatic rings. The first-order chi connectivity index (χ1) is 7.65. The van der Waals surface area contributed by atoms with E-state index >= 15 is 0 Å². The molecule has 1 heterocycles. The van der Waals surface area contributed by atoms with E-state index in [9.17, 15) is 0 Å². The number of nitrogens with one attached hydrogen (secondary N) is 1. The highest BCUT2D eigenvalue weighted by Crippen LogP contribution is 2.18. The normalized spacial score (nSPS) is 32.6. The fourth-order valence-corrected chi connectivity index (χ4v) is 2.27. The Labute approximate surface area is 98.6 Å². The van der Waals surface area contributed by atoms with Crippen molar-refractivity contribution in [2.24, 2.45) is 0 Å². The van der Waals surface area contributed by atoms with Crippen molar-refractivity contribution in [1.29, 1.82) is 0 Å². The molecule has 1 fully saturated rings. The summed E-state index contributed by atoms with van der Waals surface area (Å²) in [5.41, 5.74) is 0. The van der Waals surface area contributed by atoms with Crippen LogP contribution in [0.5, 0.6) is 0 Å². The van der Waals surface area contributed by atoms with E-state index in [2.05, 4.69) is 19.2 Å². The maximum Gasteiger partial charge on any atom is 0.0928 e. The van der Waals surface area contributed by atoms with E-state index in [0.29, 0.717) is 24.9 Å². The van der Waals surface area contributed by atoms with Gasteiger partial charge in [-0.05, 0) is 26.7 Å². The van der Waals surface area contributed by atoms with Crippen LogP contribution in [0.4, 0.5) is 0 Å². The molecule has 0 aromatic heterocycles. The fourth-order valence-electron chi connectivity index (χ4n) is 2.27. The van der Waals surface area contributed by atoms with Gasteiger partial charge in [-0.25, -0.2) is 0 Å². The van der Waals surface area contributed by atoms with Gasteiger partial charge in [0.15, 0.2) is 0 Å². The Morgan fingerprint density at radius 1 is 1.25 bits per heavy atom. The zero-order chi connectivity index (χ0) is 12.0. The van der Waals surface area contributed by atoms with Gasteiger partial charge in [-0.1, -0.05) is 0 Å². The summed E-state index contributed by atoms with van der Waals surface area (Å²) in [6, 6.07) is 0.535. The third-order valence-electron chi connectivity index (χ3n) is 3.02. The van der Waals surface area contributed by atoms with Gasteiger partial charge in [-0.15, -0.1) is 0 Å². The van der Waals surface area contributed by atoms with Crippen LogP contribution in [0.25, 0.3) is 0 Å². The minimum absolute atomic E-state index is 0.137. The van der Waals surface area contributed by atoms with E-state index in [1.165, 1.54) is 0 Å². The minimum atomic E-state index is 0.137. The van der Waals surface area contributed by atoms with Gasteiger partial charge in [-0.2, -0.15) is 0 Å². The van der Waals surface area contributed by atoms with Crippen LogP contribution in [0.15, 0.2) is 0 Å². The number of hydrogen-bond acceptors (Lipinski definition) is 4. The Morgan fingerprint density at radius 2 is 1.88 bits per heavy atom. The van der Waals surface area contributed by atoms with Gasteiger partial charge < -0.3 is 19.5 Å². The average Bonchev–Trinajstić information content (AvgIpc) is 2.23. The molecule has 4 heteroatoms. The van der Waals surface area contributed by atoms with Crippen molar-refractivity contribution in [3.63, 3.8) is 0 Å². The molecule has 0 amide bonds. The smallest absolute Gasteiger partial charge is 0.0928 e. The monoisotopic (exact) mass is 231 g/mol. The quantitative estimate of drug-likeness (QED) is 0.745. The standard InChI is InChI=1S/C12H25NO3/c1-9-5-11(6-10(2)16-9)13-7-12(15-4)8-14-3/h9-13H,5-8H2,1-4H3. The first-order valence-corrected chi connectivity index (χ1v) is 6.06. The number of ether oxygens (including phenoxy) is 3. The lowest BCUT2D eigenvalue weighted by Gasteiger charge is -2.33. The highest BCUT2D eigenvalue weighted by Gasteiger charge is 2.24. The highest BCUT2D eigenvalue weighted by atomic mass is 16.5. The first kappa shape index (κ1) is 13.9. The molecule has 0 radical (unpaired) electrons. The van der Waals surface area contributed by atoms with Gasteiger partial charge in [-0.3, -0.25) is 0 Å². The molecule has 0 aromatic carbocycles. The lowest BCUT2D eigenvalue weighted by molar-refractivity contribution is -0.0453. The highest BCUT2D eigenvalue weighted by molar-refractivity contribution is 4.79. The zero-order valence-corrected chi connectivity index (χ0v) is 10.9. The molecule has 1 rings (SSSR count). The Hall–Kier alpha value is -0.160. The van der Waals surface area contributed by atoms with Crippen molar-refractivity contribution in [3.8, 4) is 0 Å². The van der Waals surface area contributed by atoms with Crippen molar-refractivity contribution in [3.05, 3.63) is 0 Å². The molecule has 1 saturated heterocycles. The molecule has 0 aliphatic carbocycles. The zero-order valence-electron chi connectivity index (χ0n) is 10.9. The number of hydrogen-bond donors (Lipinski definition) is 1. The van der Waals surface area contributed by atoms with Crippen molar-refractivity contribution in [1.82, 2.24) is 5.32 Å². The van der Waals surface area contributed by atoms with E-state index in [-0.39, 0.29) is 6.10 Å². The van der Waals surface area contributed by atoms with Gasteiger partial charge >= 0.3 is 0 Å². The Bertz CT molecular complexity index is 179. The third kappa shape index (κ3) is 4.78. The minimum Gasteiger partial charge on any atom is -0.382 e. The molecule has 0 bridgehead atoms. The average molecular weight is 231 g/mol. The molecular formula is C12H25NO3. The summed E-state index contributed by atoms with van der Waals surface area (Å²) < 4.78 is 16.1. The summed E-state index contributed by atoms with van der Waals surface area (Å²) in [6.07, 6.45) is 2.99. The molecule has 3 atom stereocenters. The van der Waals surface area contributed by atoms with Crippen LogP contribution in [-0.4, -0.2) is 51.7 Å². The van der Waals surface area contributed by atoms with Crippen molar-refractivity contribution < 1.29 is 14.2 Å². The number of methoxy groups -OCH3 is 2. The SMILES string of the molecule is COCC(CNC1CC(C)OC(C)C1)OC. The summed E-state index contributed by atoms with van der Waals surface area (Å²) in [5, 5.41) is 3.53. The lowest BCUT2D eigenvalue weighted by atomic mass is 10.00. The summed E-state index contributed by atoms with van der Waals surface area (Å²) in [4.78, 5) is 0. The molecule has 96 valence electrons. The van der Waals surface area contributed by atoms with Crippen LogP contribution >= 0.6 is 0 Å². The lowest BCUT2D eigenvalue weighted by Crippen LogP contribution is -2.44. The van der Waals surface area contributed by atoms with Crippen molar-refractivity contribution in [2.75, 3.05) is 27.4 Å². The van der Waals surface area contributed by atoms with Crippen LogP contribution in [0.2, 0.25) is 0 Å². The molecule has 1 N–H and O–H groups in total. The summed E-state index contributed by atoms with van der Waals surface area (Å²) in [6.45, 7) is 5.74. The van der Waals surface area contributed by atoms with Crippen molar-refractivity contribution >= 4 is 0 Å². The van der Waals surface area contributed by atoms with E-state index in [0.717, 1.165) is 19.4 Å². The maximum absolute atomic E-state index is 5.70. The van der Waals surface area contributed by atoms with Crippen LogP contribution in [0, 0.1) is 0 Å². The van der Waals surface area contributed by atoms with Gasteiger partial charge in [0.25, 0.3) is 0 Å². The summed E-state index contributed by atoms with van der Waals surface area (Å²) >= 11 is 0. The molecule has 4 nitrogen and oxygen atoms in total. The third-order valence-corrected chi connectivity index (χ3v) is 3.02. The van der Waals surface area contributed by atoms with Gasteiger partial charge in [0.2, 0.25) is 0 Å². The second kappa shape index (κ2) is 7.22. The molecule has 0 saturated carbocycles. The van der Waals surface area contributed by atoms with Crippen LogP contribution in [0.1, 0.15) is 26.7 Å². The van der Waals surface area contributed by atoms with Gasteiger partial charge in [0, 0.05) is 26.8 Å². The molecular weight excluding hydrogens is 206 g/mol. The fraction of sp³-hybridized carbons (Fsp3) is 1.00. The predicted octanol–water partition coefficient (Wildman–Crippen LogP) is 1.19. The second-order valence-corrected chi connectivity index (χ2v) is 4.65. The van der Waals surface area contributed by atoms with Crippen LogP contribution < -0.4 is 5.32 Å². The van der Waals surface area contributed by atoms with E-state index in [1.807, 2.05) is 0 Å². The van der Waals surface area contributed by atoms with Gasteiger partial charge in [0.1, 0.15) is 0 Å². The maximum atomic E-state index is 5.70. The second-order valence-electron chi connectivity index (χ2n) is 4.65. The number of rotatable bonds is 6. The molecule has 16 heavy (non-hydrogen) atoms. The van der Waals surface area contributed by atoms with Crippen LogP contribution in [0.3, 0.4) is 0 Å². The predicted molar refractivity (Wildman–Crippen MR) is 63.7 cm³/mol. The van der Waals surface area contributed by atoms with E-state index in [1.54, 1.807) is 14.2 Å². The largest absolute Gasteiger partial charge is 0.382 e.